The predicted molar refractivity (Wildman–Crippen MR) is 108 cm³/mol. The highest BCUT2D eigenvalue weighted by atomic mass is 19.1. The zero-order valence-corrected chi connectivity index (χ0v) is 17.3. The van der Waals surface area contributed by atoms with E-state index in [-0.39, 0.29) is 24.0 Å². The summed E-state index contributed by atoms with van der Waals surface area (Å²) in [5.41, 5.74) is 7.00. The van der Waals surface area contributed by atoms with Crippen LogP contribution >= 0.6 is 0 Å². The Kier molecular flexibility index (Phi) is 8.64. The first-order valence-electron chi connectivity index (χ1n) is 9.91. The van der Waals surface area contributed by atoms with Crippen LogP contribution in [-0.4, -0.2) is 37.6 Å². The number of methoxy groups -OCH3 is 1. The van der Waals surface area contributed by atoms with Gasteiger partial charge in [-0.25, -0.2) is 8.78 Å². The fourth-order valence-electron chi connectivity index (χ4n) is 3.25. The number of nitrogens with two attached hydrogens (primary N) is 1. The molecule has 7 heteroatoms. The minimum Gasteiger partial charge on any atom is -0.493 e. The Morgan fingerprint density at radius 2 is 2.10 bits per heavy atom. The van der Waals surface area contributed by atoms with Crippen molar-refractivity contribution in [2.75, 3.05) is 26.7 Å². The molecule has 160 valence electrons. The topological polar surface area (TPSA) is 64.8 Å². The quantitative estimate of drug-likeness (QED) is 0.638. The van der Waals surface area contributed by atoms with Crippen LogP contribution in [0, 0.1) is 17.6 Å². The molecular formula is C22H30F2N2O3. The minimum atomic E-state index is -0.642. The van der Waals surface area contributed by atoms with Gasteiger partial charge in [-0.05, 0) is 36.1 Å². The lowest BCUT2D eigenvalue weighted by Gasteiger charge is -2.30. The number of carbonyl (C=O) groups excluding carboxylic acids is 1. The molecule has 0 aromatic heterocycles. The van der Waals surface area contributed by atoms with E-state index in [1.807, 2.05) is 19.9 Å². The molecule has 0 heterocycles. The molecular weight excluding hydrogens is 378 g/mol. The van der Waals surface area contributed by atoms with Gasteiger partial charge >= 0.3 is 0 Å². The number of allylic oxidation sites excluding steroid dienone is 2. The zero-order chi connectivity index (χ0) is 21.4. The number of halogens is 2. The molecule has 0 radical (unpaired) electrons. The van der Waals surface area contributed by atoms with Crippen molar-refractivity contribution in [3.63, 3.8) is 0 Å². The molecule has 2 N–H and O–H groups in total. The average molecular weight is 408 g/mol. The number of nitrogens with zero attached hydrogens (tertiary/aromatic N) is 1. The Morgan fingerprint density at radius 1 is 1.34 bits per heavy atom. The van der Waals surface area contributed by atoms with Crippen molar-refractivity contribution in [2.24, 2.45) is 11.7 Å². The van der Waals surface area contributed by atoms with Gasteiger partial charge in [0.2, 0.25) is 5.91 Å². The average Bonchev–Trinajstić information content (AvgIpc) is 2.68. The number of ether oxygens (including phenoxy) is 2. The molecule has 1 amide bonds. The molecule has 0 saturated carbocycles. The lowest BCUT2D eigenvalue weighted by molar-refractivity contribution is -0.130. The van der Waals surface area contributed by atoms with Crippen molar-refractivity contribution in [3.05, 3.63) is 58.6 Å². The van der Waals surface area contributed by atoms with Gasteiger partial charge in [0, 0.05) is 44.1 Å². The van der Waals surface area contributed by atoms with E-state index in [4.69, 9.17) is 15.2 Å². The van der Waals surface area contributed by atoms with Gasteiger partial charge in [-0.2, -0.15) is 0 Å². The van der Waals surface area contributed by atoms with Crippen molar-refractivity contribution in [1.29, 1.82) is 0 Å². The molecule has 0 aliphatic heterocycles. The Bertz CT molecular complexity index is 777. The van der Waals surface area contributed by atoms with E-state index in [1.54, 1.807) is 12.0 Å². The number of rotatable bonds is 10. The van der Waals surface area contributed by atoms with Crippen LogP contribution in [0.2, 0.25) is 0 Å². The molecule has 1 unspecified atom stereocenters. The molecule has 0 saturated heterocycles. The van der Waals surface area contributed by atoms with Crippen molar-refractivity contribution in [2.45, 2.75) is 39.7 Å². The molecule has 0 fully saturated rings. The van der Waals surface area contributed by atoms with E-state index < -0.39 is 11.6 Å². The van der Waals surface area contributed by atoms with Gasteiger partial charge < -0.3 is 20.1 Å². The third kappa shape index (κ3) is 6.29. The maximum absolute atomic E-state index is 13.8. The van der Waals surface area contributed by atoms with E-state index in [9.17, 15) is 13.6 Å². The normalized spacial score (nSPS) is 16.5. The summed E-state index contributed by atoms with van der Waals surface area (Å²) in [5, 5.41) is 0. The molecule has 2 rings (SSSR count). The third-order valence-corrected chi connectivity index (χ3v) is 4.94. The van der Waals surface area contributed by atoms with E-state index >= 15 is 0 Å². The minimum absolute atomic E-state index is 0.0154. The van der Waals surface area contributed by atoms with Crippen molar-refractivity contribution in [3.8, 4) is 0 Å². The predicted octanol–water partition coefficient (Wildman–Crippen LogP) is 3.89. The second-order valence-electron chi connectivity index (χ2n) is 7.19. The van der Waals surface area contributed by atoms with Crippen LogP contribution in [0.3, 0.4) is 0 Å². The van der Waals surface area contributed by atoms with Gasteiger partial charge in [-0.15, -0.1) is 0 Å². The first kappa shape index (κ1) is 22.9. The summed E-state index contributed by atoms with van der Waals surface area (Å²) >= 11 is 0. The molecule has 29 heavy (non-hydrogen) atoms. The highest BCUT2D eigenvalue weighted by Crippen LogP contribution is 2.31. The first-order chi connectivity index (χ1) is 13.9. The standard InChI is InChI=1S/C22H30F2N2O3/c1-4-5-22(27)26(9-8-25)13-17-11-20(28-3)21(10-15(17)2)29-14-16-6-7-18(23)12-19(16)24/h6-7,11-12,15H,4-5,8-10,13-14,25H2,1-3H3. The summed E-state index contributed by atoms with van der Waals surface area (Å²) in [6, 6.07) is 3.41. The maximum Gasteiger partial charge on any atom is 0.222 e. The molecule has 1 atom stereocenters. The Morgan fingerprint density at radius 3 is 2.72 bits per heavy atom. The van der Waals surface area contributed by atoms with Gasteiger partial charge in [0.15, 0.2) is 5.76 Å². The third-order valence-electron chi connectivity index (χ3n) is 4.94. The summed E-state index contributed by atoms with van der Waals surface area (Å²) in [6.45, 7) is 5.40. The lowest BCUT2D eigenvalue weighted by Crippen LogP contribution is -2.37. The number of benzene rings is 1. The van der Waals surface area contributed by atoms with Crippen LogP contribution in [0.15, 0.2) is 41.4 Å². The van der Waals surface area contributed by atoms with E-state index in [1.165, 1.54) is 12.1 Å². The largest absolute Gasteiger partial charge is 0.493 e. The fraction of sp³-hybridized carbons (Fsp3) is 0.500. The van der Waals surface area contributed by atoms with Crippen LogP contribution in [0.25, 0.3) is 0 Å². The molecule has 1 aromatic rings. The molecule has 0 bridgehead atoms. The summed E-state index contributed by atoms with van der Waals surface area (Å²) in [4.78, 5) is 14.1. The van der Waals surface area contributed by atoms with Gasteiger partial charge in [-0.3, -0.25) is 4.79 Å². The number of hydrogen-bond acceptors (Lipinski definition) is 4. The zero-order valence-electron chi connectivity index (χ0n) is 17.3. The Balaban J connectivity index is 2.15. The highest BCUT2D eigenvalue weighted by molar-refractivity contribution is 5.76. The summed E-state index contributed by atoms with van der Waals surface area (Å²) < 4.78 is 38.2. The molecule has 1 aliphatic carbocycles. The molecule has 1 aliphatic rings. The smallest absolute Gasteiger partial charge is 0.222 e. The van der Waals surface area contributed by atoms with Crippen LogP contribution in [0.4, 0.5) is 8.78 Å². The number of carbonyl (C=O) groups is 1. The van der Waals surface area contributed by atoms with Crippen LogP contribution < -0.4 is 5.73 Å². The van der Waals surface area contributed by atoms with E-state index in [0.717, 1.165) is 18.1 Å². The van der Waals surface area contributed by atoms with Crippen LogP contribution in [0.5, 0.6) is 0 Å². The first-order valence-corrected chi connectivity index (χ1v) is 9.91. The van der Waals surface area contributed by atoms with Gasteiger partial charge in [-0.1, -0.05) is 13.8 Å². The number of hydrogen-bond donors (Lipinski definition) is 1. The Labute approximate surface area is 171 Å². The summed E-state index contributed by atoms with van der Waals surface area (Å²) in [6.07, 6.45) is 3.73. The maximum atomic E-state index is 13.8. The fourth-order valence-corrected chi connectivity index (χ4v) is 3.25. The van der Waals surface area contributed by atoms with Crippen molar-refractivity contribution >= 4 is 5.91 Å². The van der Waals surface area contributed by atoms with E-state index in [2.05, 4.69) is 0 Å². The van der Waals surface area contributed by atoms with Gasteiger partial charge in [0.05, 0.1) is 7.11 Å². The number of amides is 1. The summed E-state index contributed by atoms with van der Waals surface area (Å²) in [7, 11) is 1.54. The highest BCUT2D eigenvalue weighted by Gasteiger charge is 2.25. The Hall–Kier alpha value is -2.41. The van der Waals surface area contributed by atoms with Crippen LogP contribution in [0.1, 0.15) is 38.7 Å². The molecule has 5 nitrogen and oxygen atoms in total. The van der Waals surface area contributed by atoms with E-state index in [0.29, 0.717) is 44.0 Å². The van der Waals surface area contributed by atoms with Crippen molar-refractivity contribution in [1.82, 2.24) is 4.90 Å². The van der Waals surface area contributed by atoms with Gasteiger partial charge in [0.25, 0.3) is 0 Å². The van der Waals surface area contributed by atoms with Gasteiger partial charge in [0.1, 0.15) is 24.0 Å². The molecule has 0 spiro atoms. The SMILES string of the molecule is CCCC(=O)N(CCN)CC1=CC(OC)=C(OCc2ccc(F)cc2F)CC1C. The van der Waals surface area contributed by atoms with Crippen molar-refractivity contribution < 1.29 is 23.0 Å². The van der Waals surface area contributed by atoms with Crippen LogP contribution in [-0.2, 0) is 20.9 Å². The summed E-state index contributed by atoms with van der Waals surface area (Å²) in [5.74, 6) is 0.103. The monoisotopic (exact) mass is 408 g/mol. The second-order valence-corrected chi connectivity index (χ2v) is 7.19. The molecule has 1 aromatic carbocycles. The second kappa shape index (κ2) is 11.0. The lowest BCUT2D eigenvalue weighted by atomic mass is 9.90.